The summed E-state index contributed by atoms with van der Waals surface area (Å²) in [4.78, 5) is 15.4. The summed E-state index contributed by atoms with van der Waals surface area (Å²) in [6.45, 7) is 7.46. The molecule has 0 aliphatic rings. The first kappa shape index (κ1) is 27.5. The lowest BCUT2D eigenvalue weighted by Gasteiger charge is -2.18. The molecule has 0 bridgehead atoms. The van der Waals surface area contributed by atoms with Crippen molar-refractivity contribution in [3.05, 3.63) is 57.6 Å². The first-order valence-corrected chi connectivity index (χ1v) is 11.8. The highest BCUT2D eigenvalue weighted by Gasteiger charge is 2.21. The molecule has 12 nitrogen and oxygen atoms in total. The van der Waals surface area contributed by atoms with E-state index in [9.17, 15) is 25.8 Å². The Morgan fingerprint density at radius 2 is 1.74 bits per heavy atom. The molecule has 0 amide bonds. The maximum absolute atomic E-state index is 10.8. The highest BCUT2D eigenvalue weighted by atomic mass is 16.3. The summed E-state index contributed by atoms with van der Waals surface area (Å²) in [5.41, 5.74) is 1.86. The second-order valence-corrected chi connectivity index (χ2v) is 8.60. The molecule has 2 aromatic heterocycles. The van der Waals surface area contributed by atoms with Gasteiger partial charge in [0.05, 0.1) is 17.2 Å². The summed E-state index contributed by atoms with van der Waals surface area (Å²) in [5, 5.41) is 56.9. The molecule has 0 radical (unpaired) electrons. The average molecular weight is 511 g/mol. The number of hydrogen-bond acceptors (Lipinski definition) is 11. The Morgan fingerprint density at radius 1 is 1.05 bits per heavy atom. The molecule has 12 heteroatoms. The van der Waals surface area contributed by atoms with Crippen LogP contribution in [0.1, 0.15) is 49.4 Å². The van der Waals surface area contributed by atoms with Gasteiger partial charge in [0.15, 0.2) is 11.6 Å². The lowest BCUT2D eigenvalue weighted by atomic mass is 10.1. The van der Waals surface area contributed by atoms with Crippen LogP contribution in [0, 0.1) is 45.8 Å². The molecule has 192 valence electrons. The Kier molecular flexibility index (Phi) is 8.83. The number of nitriles is 3. The van der Waals surface area contributed by atoms with Crippen molar-refractivity contribution in [1.29, 1.82) is 15.8 Å². The molecule has 0 spiro atoms. The summed E-state index contributed by atoms with van der Waals surface area (Å²) in [5.74, 6) is 0.746. The largest absolute Gasteiger partial charge is 0.392 e. The molecule has 0 saturated carbocycles. The van der Waals surface area contributed by atoms with Crippen LogP contribution in [0.25, 0.3) is 5.69 Å². The Balaban J connectivity index is 2.21. The number of rotatable bonds is 10. The van der Waals surface area contributed by atoms with Gasteiger partial charge in [0, 0.05) is 30.0 Å². The molecule has 0 aliphatic heterocycles. The molecule has 0 saturated heterocycles. The molecule has 1 aromatic carbocycles. The molecule has 0 fully saturated rings. The van der Waals surface area contributed by atoms with Crippen molar-refractivity contribution in [2.75, 3.05) is 17.2 Å². The standard InChI is InChI=1S/C26H26N10O2/c1-5-15(2)31-24-21(11-28)17(4)23(25(32-24)30-13-16(3)37)33-34-26-22(12-29)18(10-27)14-36(26)20-8-6-19(35-38)7-9-20/h6-9,14-16,37H,5,13H2,1-4H3,(H2,30,31,32). The van der Waals surface area contributed by atoms with Gasteiger partial charge in [-0.3, -0.25) is 4.57 Å². The van der Waals surface area contributed by atoms with Crippen LogP contribution < -0.4 is 10.6 Å². The van der Waals surface area contributed by atoms with Crippen LogP contribution in [0.4, 0.5) is 28.8 Å². The van der Waals surface area contributed by atoms with E-state index >= 15 is 0 Å². The van der Waals surface area contributed by atoms with Gasteiger partial charge in [-0.1, -0.05) is 6.92 Å². The number of nitroso groups, excluding NO2 is 1. The minimum absolute atomic E-state index is 0.00787. The fourth-order valence-corrected chi connectivity index (χ4v) is 3.52. The number of benzene rings is 1. The molecule has 2 unspecified atom stereocenters. The van der Waals surface area contributed by atoms with Crippen LogP contribution in [-0.4, -0.2) is 33.3 Å². The van der Waals surface area contributed by atoms with E-state index in [4.69, 9.17) is 0 Å². The second-order valence-electron chi connectivity index (χ2n) is 8.60. The highest BCUT2D eigenvalue weighted by molar-refractivity contribution is 5.74. The predicted octanol–water partition coefficient (Wildman–Crippen LogP) is 5.61. The van der Waals surface area contributed by atoms with Crippen molar-refractivity contribution in [3.63, 3.8) is 0 Å². The van der Waals surface area contributed by atoms with Gasteiger partial charge in [-0.2, -0.15) is 15.8 Å². The van der Waals surface area contributed by atoms with E-state index < -0.39 is 6.10 Å². The minimum atomic E-state index is -0.687. The van der Waals surface area contributed by atoms with Crippen LogP contribution >= 0.6 is 0 Å². The number of azo groups is 1. The zero-order valence-electron chi connectivity index (χ0n) is 21.4. The highest BCUT2D eigenvalue weighted by Crippen LogP contribution is 2.37. The Hall–Kier alpha value is -5.12. The van der Waals surface area contributed by atoms with Crippen molar-refractivity contribution in [1.82, 2.24) is 9.55 Å². The number of aliphatic hydroxyl groups excluding tert-OH is 1. The third-order valence-electron chi connectivity index (χ3n) is 5.78. The molecular weight excluding hydrogens is 484 g/mol. The molecule has 3 rings (SSSR count). The van der Waals surface area contributed by atoms with Gasteiger partial charge in [0.25, 0.3) is 0 Å². The number of pyridine rings is 1. The van der Waals surface area contributed by atoms with Crippen molar-refractivity contribution in [2.45, 2.75) is 46.3 Å². The van der Waals surface area contributed by atoms with Crippen molar-refractivity contribution in [3.8, 4) is 23.9 Å². The van der Waals surface area contributed by atoms with E-state index in [0.717, 1.165) is 6.42 Å². The molecular formula is C26H26N10O2. The van der Waals surface area contributed by atoms with E-state index in [1.165, 1.54) is 22.9 Å². The summed E-state index contributed by atoms with van der Waals surface area (Å²) in [6.07, 6.45) is 1.57. The number of aliphatic hydroxyl groups is 1. The van der Waals surface area contributed by atoms with Gasteiger partial charge in [0.2, 0.25) is 0 Å². The van der Waals surface area contributed by atoms with E-state index in [0.29, 0.717) is 17.1 Å². The van der Waals surface area contributed by atoms with Crippen LogP contribution in [0.5, 0.6) is 0 Å². The number of aromatic nitrogens is 2. The lowest BCUT2D eigenvalue weighted by Crippen LogP contribution is -2.19. The van der Waals surface area contributed by atoms with Crippen LogP contribution in [0.2, 0.25) is 0 Å². The first-order chi connectivity index (χ1) is 18.3. The third kappa shape index (κ3) is 5.81. The van der Waals surface area contributed by atoms with Gasteiger partial charge >= 0.3 is 0 Å². The fourth-order valence-electron chi connectivity index (χ4n) is 3.52. The predicted molar refractivity (Wildman–Crippen MR) is 142 cm³/mol. The molecule has 2 heterocycles. The van der Waals surface area contributed by atoms with Gasteiger partial charge in [0.1, 0.15) is 41.0 Å². The van der Waals surface area contributed by atoms with E-state index in [1.54, 1.807) is 26.0 Å². The van der Waals surface area contributed by atoms with Gasteiger partial charge in [-0.15, -0.1) is 15.1 Å². The fraction of sp³-hybridized carbons (Fsp3) is 0.308. The minimum Gasteiger partial charge on any atom is -0.392 e. The summed E-state index contributed by atoms with van der Waals surface area (Å²) >= 11 is 0. The third-order valence-corrected chi connectivity index (χ3v) is 5.78. The van der Waals surface area contributed by atoms with Crippen LogP contribution in [0.15, 0.2) is 45.9 Å². The van der Waals surface area contributed by atoms with E-state index in [2.05, 4.69) is 37.1 Å². The second kappa shape index (κ2) is 12.2. The number of nitrogens with zero attached hydrogens (tertiary/aromatic N) is 8. The van der Waals surface area contributed by atoms with E-state index in [1.807, 2.05) is 26.0 Å². The maximum Gasteiger partial charge on any atom is 0.179 e. The topological polar surface area (TPSA) is 188 Å². The average Bonchev–Trinajstić information content (AvgIpc) is 3.28. The molecule has 2 atom stereocenters. The van der Waals surface area contributed by atoms with Crippen molar-refractivity contribution >= 4 is 28.8 Å². The number of nitrogens with one attached hydrogen (secondary N) is 2. The van der Waals surface area contributed by atoms with E-state index in [-0.39, 0.29) is 52.3 Å². The molecule has 0 aliphatic carbocycles. The Bertz CT molecular complexity index is 1480. The summed E-state index contributed by atoms with van der Waals surface area (Å²) in [7, 11) is 0. The molecule has 3 N–H and O–H groups in total. The number of hydrogen-bond donors (Lipinski definition) is 3. The zero-order chi connectivity index (χ0) is 27.8. The molecule has 3 aromatic rings. The van der Waals surface area contributed by atoms with Gasteiger partial charge in [-0.25, -0.2) is 4.98 Å². The SMILES string of the molecule is CCC(C)Nc1nc(NCC(C)O)c(N=Nc2c(C#N)c(C#N)cn2-c2ccc(N=O)cc2)c(C)c1C#N. The Labute approximate surface area is 219 Å². The molecule has 38 heavy (non-hydrogen) atoms. The maximum atomic E-state index is 10.8. The van der Waals surface area contributed by atoms with Crippen molar-refractivity contribution in [2.24, 2.45) is 15.4 Å². The summed E-state index contributed by atoms with van der Waals surface area (Å²) < 4.78 is 1.50. The van der Waals surface area contributed by atoms with Crippen LogP contribution in [0.3, 0.4) is 0 Å². The van der Waals surface area contributed by atoms with Crippen molar-refractivity contribution < 1.29 is 5.11 Å². The number of anilines is 2. The zero-order valence-corrected chi connectivity index (χ0v) is 21.4. The smallest absolute Gasteiger partial charge is 0.179 e. The lowest BCUT2D eigenvalue weighted by molar-refractivity contribution is 0.208. The monoisotopic (exact) mass is 510 g/mol. The normalized spacial score (nSPS) is 12.3. The van der Waals surface area contributed by atoms with Gasteiger partial charge in [-0.05, 0) is 56.6 Å². The first-order valence-electron chi connectivity index (χ1n) is 11.8. The summed E-state index contributed by atoms with van der Waals surface area (Å²) in [6, 6.07) is 12.4. The Morgan fingerprint density at radius 3 is 2.29 bits per heavy atom. The van der Waals surface area contributed by atoms with Crippen LogP contribution in [-0.2, 0) is 0 Å². The van der Waals surface area contributed by atoms with Gasteiger partial charge < -0.3 is 15.7 Å². The quantitative estimate of drug-likeness (QED) is 0.231.